The van der Waals surface area contributed by atoms with Crippen molar-refractivity contribution >= 4 is 0 Å². The Morgan fingerprint density at radius 1 is 1.07 bits per heavy atom. The number of aromatic nitrogens is 3. The van der Waals surface area contributed by atoms with Crippen molar-refractivity contribution in [1.29, 1.82) is 0 Å². The Kier molecular flexibility index (Phi) is 2.69. The van der Waals surface area contributed by atoms with E-state index in [0.29, 0.717) is 0 Å². The zero-order valence-electron chi connectivity index (χ0n) is 8.46. The number of pyridine rings is 1. The molecule has 0 bridgehead atoms. The molecule has 0 amide bonds. The normalized spacial score (nSPS) is 12.4. The summed E-state index contributed by atoms with van der Waals surface area (Å²) in [5.74, 6) is 0. The summed E-state index contributed by atoms with van der Waals surface area (Å²) >= 11 is 0. The fourth-order valence-electron chi connectivity index (χ4n) is 1.38. The van der Waals surface area contributed by atoms with Crippen LogP contribution in [0.4, 0.5) is 0 Å². The molecule has 4 heteroatoms. The molecule has 2 N–H and O–H groups in total. The van der Waals surface area contributed by atoms with Crippen LogP contribution in [0.2, 0.25) is 0 Å². The predicted molar refractivity (Wildman–Crippen MR) is 57.9 cm³/mol. The third-order valence-electron chi connectivity index (χ3n) is 2.07. The Balaban J connectivity index is 2.53. The lowest BCUT2D eigenvalue weighted by Gasteiger charge is -2.08. The third kappa shape index (κ3) is 1.99. The van der Waals surface area contributed by atoms with Crippen LogP contribution in [-0.2, 0) is 0 Å². The van der Waals surface area contributed by atoms with Gasteiger partial charge < -0.3 is 5.73 Å². The highest BCUT2D eigenvalue weighted by Gasteiger charge is 2.11. The molecule has 2 aromatic rings. The second-order valence-electron chi connectivity index (χ2n) is 3.29. The molecule has 76 valence electrons. The van der Waals surface area contributed by atoms with Crippen molar-refractivity contribution in [1.82, 2.24) is 15.0 Å². The molecule has 0 saturated carbocycles. The van der Waals surface area contributed by atoms with E-state index in [2.05, 4.69) is 15.0 Å². The maximum absolute atomic E-state index is 5.82. The zero-order chi connectivity index (χ0) is 10.7. The standard InChI is InChI=1S/C11H12N4/c1-8(12)10-11(15-7-6-14-10)9-4-2-3-5-13-9/h2-8H,12H2,1H3/t8-/m1/s1. The second kappa shape index (κ2) is 4.14. The molecule has 15 heavy (non-hydrogen) atoms. The molecule has 0 aliphatic carbocycles. The summed E-state index contributed by atoms with van der Waals surface area (Å²) in [6, 6.07) is 5.54. The summed E-state index contributed by atoms with van der Waals surface area (Å²) in [4.78, 5) is 12.7. The molecule has 2 rings (SSSR count). The predicted octanol–water partition coefficient (Wildman–Crippen LogP) is 1.56. The zero-order valence-corrected chi connectivity index (χ0v) is 8.46. The third-order valence-corrected chi connectivity index (χ3v) is 2.07. The first-order chi connectivity index (χ1) is 7.29. The van der Waals surface area contributed by atoms with Crippen LogP contribution in [-0.4, -0.2) is 15.0 Å². The average molecular weight is 200 g/mol. The van der Waals surface area contributed by atoms with Gasteiger partial charge in [0.15, 0.2) is 0 Å². The molecule has 1 atom stereocenters. The van der Waals surface area contributed by atoms with Crippen LogP contribution < -0.4 is 5.73 Å². The van der Waals surface area contributed by atoms with Gasteiger partial charge in [0.2, 0.25) is 0 Å². The summed E-state index contributed by atoms with van der Waals surface area (Å²) in [6.07, 6.45) is 5.02. The molecule has 0 aromatic carbocycles. The van der Waals surface area contributed by atoms with Gasteiger partial charge in [0, 0.05) is 24.6 Å². The average Bonchev–Trinajstić information content (AvgIpc) is 2.30. The van der Waals surface area contributed by atoms with Crippen LogP contribution in [0.25, 0.3) is 11.4 Å². The van der Waals surface area contributed by atoms with Crippen LogP contribution in [0.5, 0.6) is 0 Å². The molecule has 0 unspecified atom stereocenters. The first-order valence-corrected chi connectivity index (χ1v) is 4.77. The highest BCUT2D eigenvalue weighted by Crippen LogP contribution is 2.20. The largest absolute Gasteiger partial charge is 0.323 e. The van der Waals surface area contributed by atoms with Crippen LogP contribution >= 0.6 is 0 Å². The van der Waals surface area contributed by atoms with Gasteiger partial charge in [-0.25, -0.2) is 0 Å². The Bertz CT molecular complexity index is 439. The maximum Gasteiger partial charge on any atom is 0.112 e. The van der Waals surface area contributed by atoms with Crippen molar-refractivity contribution < 1.29 is 0 Å². The van der Waals surface area contributed by atoms with E-state index >= 15 is 0 Å². The summed E-state index contributed by atoms with van der Waals surface area (Å²) in [5, 5.41) is 0. The second-order valence-corrected chi connectivity index (χ2v) is 3.29. The Hall–Kier alpha value is -1.81. The monoisotopic (exact) mass is 200 g/mol. The van der Waals surface area contributed by atoms with E-state index in [-0.39, 0.29) is 6.04 Å². The smallest absolute Gasteiger partial charge is 0.112 e. The van der Waals surface area contributed by atoms with Gasteiger partial charge in [0.05, 0.1) is 11.4 Å². The van der Waals surface area contributed by atoms with Gasteiger partial charge >= 0.3 is 0 Å². The highest BCUT2D eigenvalue weighted by atomic mass is 14.9. The SMILES string of the molecule is C[C@@H](N)c1nccnc1-c1ccccn1. The van der Waals surface area contributed by atoms with Crippen molar-refractivity contribution in [3.8, 4) is 11.4 Å². The summed E-state index contributed by atoms with van der Waals surface area (Å²) < 4.78 is 0. The minimum absolute atomic E-state index is 0.143. The van der Waals surface area contributed by atoms with Crippen LogP contribution in [0.3, 0.4) is 0 Å². The number of rotatable bonds is 2. The summed E-state index contributed by atoms with van der Waals surface area (Å²) in [7, 11) is 0. The van der Waals surface area contributed by atoms with Crippen molar-refractivity contribution in [2.24, 2.45) is 5.73 Å². The quantitative estimate of drug-likeness (QED) is 0.799. The topological polar surface area (TPSA) is 64.7 Å². The lowest BCUT2D eigenvalue weighted by molar-refractivity contribution is 0.775. The molecule has 2 heterocycles. The highest BCUT2D eigenvalue weighted by molar-refractivity contribution is 5.56. The van der Waals surface area contributed by atoms with Gasteiger partial charge in [-0.1, -0.05) is 6.07 Å². The molecule has 0 radical (unpaired) electrons. The molecule has 4 nitrogen and oxygen atoms in total. The number of hydrogen-bond donors (Lipinski definition) is 1. The van der Waals surface area contributed by atoms with E-state index in [1.165, 1.54) is 0 Å². The van der Waals surface area contributed by atoms with Gasteiger partial charge in [-0.3, -0.25) is 15.0 Å². The van der Waals surface area contributed by atoms with Gasteiger partial charge in [0.1, 0.15) is 5.69 Å². The molecule has 0 spiro atoms. The van der Waals surface area contributed by atoms with Gasteiger partial charge in [-0.2, -0.15) is 0 Å². The van der Waals surface area contributed by atoms with E-state index < -0.39 is 0 Å². The summed E-state index contributed by atoms with van der Waals surface area (Å²) in [6.45, 7) is 1.89. The molecular weight excluding hydrogens is 188 g/mol. The first kappa shape index (κ1) is 9.73. The number of nitrogens with zero attached hydrogens (tertiary/aromatic N) is 3. The molecule has 0 aliphatic rings. The first-order valence-electron chi connectivity index (χ1n) is 4.77. The molecular formula is C11H12N4. The number of nitrogens with two attached hydrogens (primary N) is 1. The summed E-state index contributed by atoms with van der Waals surface area (Å²) in [5.41, 5.74) is 8.16. The van der Waals surface area contributed by atoms with Crippen molar-refractivity contribution in [3.05, 3.63) is 42.5 Å². The molecule has 0 fully saturated rings. The van der Waals surface area contributed by atoms with E-state index in [9.17, 15) is 0 Å². The lowest BCUT2D eigenvalue weighted by Crippen LogP contribution is -2.10. The van der Waals surface area contributed by atoms with E-state index in [0.717, 1.165) is 17.1 Å². The van der Waals surface area contributed by atoms with Crippen LogP contribution in [0.1, 0.15) is 18.7 Å². The minimum Gasteiger partial charge on any atom is -0.323 e. The fraction of sp³-hybridized carbons (Fsp3) is 0.182. The van der Waals surface area contributed by atoms with Crippen molar-refractivity contribution in [2.45, 2.75) is 13.0 Å². The van der Waals surface area contributed by atoms with E-state index in [4.69, 9.17) is 5.73 Å². The van der Waals surface area contributed by atoms with Gasteiger partial charge in [0.25, 0.3) is 0 Å². The van der Waals surface area contributed by atoms with Gasteiger partial charge in [-0.15, -0.1) is 0 Å². The van der Waals surface area contributed by atoms with E-state index in [1.807, 2.05) is 25.1 Å². The molecule has 2 aromatic heterocycles. The van der Waals surface area contributed by atoms with E-state index in [1.54, 1.807) is 18.6 Å². The van der Waals surface area contributed by atoms with Crippen LogP contribution in [0, 0.1) is 0 Å². The maximum atomic E-state index is 5.82. The molecule has 0 aliphatic heterocycles. The Labute approximate surface area is 88.2 Å². The number of hydrogen-bond acceptors (Lipinski definition) is 4. The molecule has 0 saturated heterocycles. The van der Waals surface area contributed by atoms with Crippen molar-refractivity contribution in [2.75, 3.05) is 0 Å². The fourth-order valence-corrected chi connectivity index (χ4v) is 1.38. The lowest BCUT2D eigenvalue weighted by atomic mass is 10.1. The van der Waals surface area contributed by atoms with Crippen LogP contribution in [0.15, 0.2) is 36.8 Å². The Morgan fingerprint density at radius 2 is 1.87 bits per heavy atom. The van der Waals surface area contributed by atoms with Crippen molar-refractivity contribution in [3.63, 3.8) is 0 Å². The Morgan fingerprint density at radius 3 is 2.53 bits per heavy atom. The van der Waals surface area contributed by atoms with Gasteiger partial charge in [-0.05, 0) is 19.1 Å². The minimum atomic E-state index is -0.143.